The van der Waals surface area contributed by atoms with Crippen LogP contribution >= 0.6 is 0 Å². The minimum absolute atomic E-state index is 0.0919. The molecule has 0 saturated carbocycles. The number of rotatable bonds is 6. The lowest BCUT2D eigenvalue weighted by molar-refractivity contribution is -0.0493. The maximum atomic E-state index is 12.4. The molecule has 0 spiro atoms. The van der Waals surface area contributed by atoms with E-state index in [-0.39, 0.29) is 18.0 Å². The highest BCUT2D eigenvalue weighted by Gasteiger charge is 2.14. The number of anilines is 1. The van der Waals surface area contributed by atoms with E-state index in [1.54, 1.807) is 37.4 Å². The standard InChI is InChI=1S/C16H17F2N3O3/c1-10-4-3-5-12(24-15(17)18)14(10)21-16(22)20-9-11-6-7-19-13(8-11)23-2/h3-8,15H,9H2,1-2H3,(H2,20,21,22). The largest absolute Gasteiger partial charge is 0.481 e. The summed E-state index contributed by atoms with van der Waals surface area (Å²) in [4.78, 5) is 16.0. The molecule has 2 N–H and O–H groups in total. The molecular weight excluding hydrogens is 320 g/mol. The molecule has 0 fully saturated rings. The van der Waals surface area contributed by atoms with E-state index in [9.17, 15) is 13.6 Å². The fourth-order valence-electron chi connectivity index (χ4n) is 2.01. The van der Waals surface area contributed by atoms with Crippen molar-refractivity contribution in [1.82, 2.24) is 10.3 Å². The molecule has 0 saturated heterocycles. The van der Waals surface area contributed by atoms with Crippen molar-refractivity contribution in [3.8, 4) is 11.6 Å². The Balaban J connectivity index is 2.02. The maximum Gasteiger partial charge on any atom is 0.387 e. The van der Waals surface area contributed by atoms with Crippen molar-refractivity contribution in [3.63, 3.8) is 0 Å². The summed E-state index contributed by atoms with van der Waals surface area (Å²) in [7, 11) is 1.50. The van der Waals surface area contributed by atoms with Gasteiger partial charge in [-0.25, -0.2) is 9.78 Å². The van der Waals surface area contributed by atoms with Gasteiger partial charge in [0, 0.05) is 18.8 Å². The summed E-state index contributed by atoms with van der Waals surface area (Å²) in [6, 6.07) is 7.48. The molecule has 2 aromatic rings. The highest BCUT2D eigenvalue weighted by atomic mass is 19.3. The second kappa shape index (κ2) is 8.09. The van der Waals surface area contributed by atoms with Gasteiger partial charge in [0.15, 0.2) is 0 Å². The molecule has 0 radical (unpaired) electrons. The number of amides is 2. The second-order valence-corrected chi connectivity index (χ2v) is 4.84. The summed E-state index contributed by atoms with van der Waals surface area (Å²) >= 11 is 0. The Morgan fingerprint density at radius 1 is 1.33 bits per heavy atom. The third-order valence-electron chi connectivity index (χ3n) is 3.15. The molecule has 6 nitrogen and oxygen atoms in total. The van der Waals surface area contributed by atoms with Gasteiger partial charge >= 0.3 is 12.6 Å². The first kappa shape index (κ1) is 17.5. The zero-order valence-corrected chi connectivity index (χ0v) is 13.2. The molecule has 0 aliphatic heterocycles. The average molecular weight is 337 g/mol. The Kier molecular flexibility index (Phi) is 5.89. The smallest absolute Gasteiger partial charge is 0.387 e. The number of pyridine rings is 1. The van der Waals surface area contributed by atoms with Crippen molar-refractivity contribution in [2.24, 2.45) is 0 Å². The van der Waals surface area contributed by atoms with Gasteiger partial charge in [-0.05, 0) is 30.2 Å². The minimum Gasteiger partial charge on any atom is -0.481 e. The van der Waals surface area contributed by atoms with E-state index in [4.69, 9.17) is 4.74 Å². The van der Waals surface area contributed by atoms with Crippen molar-refractivity contribution < 1.29 is 23.0 Å². The SMILES string of the molecule is COc1cc(CNC(=O)Nc2c(C)cccc2OC(F)F)ccn1. The second-order valence-electron chi connectivity index (χ2n) is 4.84. The van der Waals surface area contributed by atoms with Gasteiger partial charge in [0.2, 0.25) is 5.88 Å². The Morgan fingerprint density at radius 2 is 2.12 bits per heavy atom. The predicted molar refractivity (Wildman–Crippen MR) is 84.5 cm³/mol. The maximum absolute atomic E-state index is 12.4. The van der Waals surface area contributed by atoms with Gasteiger partial charge in [0.05, 0.1) is 12.8 Å². The summed E-state index contributed by atoms with van der Waals surface area (Å²) in [5, 5.41) is 5.16. The van der Waals surface area contributed by atoms with Crippen LogP contribution < -0.4 is 20.1 Å². The Morgan fingerprint density at radius 3 is 2.83 bits per heavy atom. The number of aromatic nitrogens is 1. The number of alkyl halides is 2. The highest BCUT2D eigenvalue weighted by Crippen LogP contribution is 2.29. The minimum atomic E-state index is -2.97. The fraction of sp³-hybridized carbons (Fsp3) is 0.250. The number of carbonyl (C=O) groups is 1. The fourth-order valence-corrected chi connectivity index (χ4v) is 2.01. The third-order valence-corrected chi connectivity index (χ3v) is 3.15. The Bertz CT molecular complexity index is 711. The van der Waals surface area contributed by atoms with Crippen LogP contribution in [0.5, 0.6) is 11.6 Å². The summed E-state index contributed by atoms with van der Waals surface area (Å²) in [6.45, 7) is -1.07. The molecule has 2 rings (SSSR count). The van der Waals surface area contributed by atoms with Crippen molar-refractivity contribution in [2.45, 2.75) is 20.1 Å². The molecule has 2 amide bonds. The Hall–Kier alpha value is -2.90. The van der Waals surface area contributed by atoms with Crippen molar-refractivity contribution in [2.75, 3.05) is 12.4 Å². The number of methoxy groups -OCH3 is 1. The number of nitrogens with one attached hydrogen (secondary N) is 2. The van der Waals surface area contributed by atoms with Gasteiger partial charge in [-0.1, -0.05) is 12.1 Å². The van der Waals surface area contributed by atoms with Crippen LogP contribution in [0.2, 0.25) is 0 Å². The van der Waals surface area contributed by atoms with Crippen LogP contribution in [-0.2, 0) is 6.54 Å². The van der Waals surface area contributed by atoms with E-state index in [0.717, 1.165) is 5.56 Å². The number of benzene rings is 1. The van der Waals surface area contributed by atoms with Gasteiger partial charge in [-0.3, -0.25) is 0 Å². The summed E-state index contributed by atoms with van der Waals surface area (Å²) in [5.74, 6) is 0.340. The van der Waals surface area contributed by atoms with Crippen LogP contribution in [0.3, 0.4) is 0 Å². The summed E-state index contributed by atoms with van der Waals surface area (Å²) < 4.78 is 34.3. The molecule has 24 heavy (non-hydrogen) atoms. The first-order valence-electron chi connectivity index (χ1n) is 7.08. The average Bonchev–Trinajstić information content (AvgIpc) is 2.56. The van der Waals surface area contributed by atoms with Crippen LogP contribution in [0, 0.1) is 6.92 Å². The summed E-state index contributed by atoms with van der Waals surface area (Å²) in [6.07, 6.45) is 1.56. The molecule has 1 aromatic heterocycles. The van der Waals surface area contributed by atoms with E-state index >= 15 is 0 Å². The third kappa shape index (κ3) is 4.80. The van der Waals surface area contributed by atoms with Gasteiger partial charge in [0.25, 0.3) is 0 Å². The number of ether oxygens (including phenoxy) is 2. The molecule has 128 valence electrons. The number of para-hydroxylation sites is 1. The zero-order chi connectivity index (χ0) is 17.5. The van der Waals surface area contributed by atoms with Gasteiger partial charge in [-0.15, -0.1) is 0 Å². The van der Waals surface area contributed by atoms with E-state index in [0.29, 0.717) is 11.4 Å². The van der Waals surface area contributed by atoms with E-state index in [2.05, 4.69) is 20.4 Å². The van der Waals surface area contributed by atoms with E-state index < -0.39 is 12.6 Å². The quantitative estimate of drug-likeness (QED) is 0.848. The lowest BCUT2D eigenvalue weighted by Gasteiger charge is -2.15. The van der Waals surface area contributed by atoms with Gasteiger partial charge in [0.1, 0.15) is 5.75 Å². The number of carbonyl (C=O) groups excluding carboxylic acids is 1. The number of hydrogen-bond acceptors (Lipinski definition) is 4. The lowest BCUT2D eigenvalue weighted by atomic mass is 10.2. The molecule has 1 aromatic carbocycles. The van der Waals surface area contributed by atoms with Gasteiger partial charge < -0.3 is 20.1 Å². The molecule has 8 heteroatoms. The number of halogens is 2. The van der Waals surface area contributed by atoms with Crippen LogP contribution in [0.4, 0.5) is 19.3 Å². The molecule has 0 aliphatic carbocycles. The number of urea groups is 1. The van der Waals surface area contributed by atoms with Crippen LogP contribution in [0.1, 0.15) is 11.1 Å². The molecule has 0 atom stereocenters. The zero-order valence-electron chi connectivity index (χ0n) is 13.2. The van der Waals surface area contributed by atoms with Crippen LogP contribution in [0.25, 0.3) is 0 Å². The van der Waals surface area contributed by atoms with Crippen molar-refractivity contribution in [1.29, 1.82) is 0 Å². The number of nitrogens with zero attached hydrogens (tertiary/aromatic N) is 1. The monoisotopic (exact) mass is 337 g/mol. The van der Waals surface area contributed by atoms with Crippen LogP contribution in [-0.4, -0.2) is 24.7 Å². The van der Waals surface area contributed by atoms with Gasteiger partial charge in [-0.2, -0.15) is 8.78 Å². The first-order chi connectivity index (χ1) is 11.5. The first-order valence-corrected chi connectivity index (χ1v) is 7.08. The molecule has 0 unspecified atom stereocenters. The predicted octanol–water partition coefficient (Wildman–Crippen LogP) is 3.32. The normalized spacial score (nSPS) is 10.4. The highest BCUT2D eigenvalue weighted by molar-refractivity contribution is 5.91. The molecule has 0 aliphatic rings. The Labute approximate surface area is 137 Å². The lowest BCUT2D eigenvalue weighted by Crippen LogP contribution is -2.28. The van der Waals surface area contributed by atoms with Crippen molar-refractivity contribution in [3.05, 3.63) is 47.7 Å². The molecule has 1 heterocycles. The topological polar surface area (TPSA) is 72.5 Å². The number of aryl methyl sites for hydroxylation is 1. The summed E-state index contributed by atoms with van der Waals surface area (Å²) in [5.41, 5.74) is 1.59. The molecule has 0 bridgehead atoms. The molecular formula is C16H17F2N3O3. The number of hydrogen-bond donors (Lipinski definition) is 2. The van der Waals surface area contributed by atoms with E-state index in [1.807, 2.05) is 0 Å². The van der Waals surface area contributed by atoms with Crippen molar-refractivity contribution >= 4 is 11.7 Å². The van der Waals surface area contributed by atoms with E-state index in [1.165, 1.54) is 13.2 Å². The van der Waals surface area contributed by atoms with Crippen LogP contribution in [0.15, 0.2) is 36.5 Å².